The van der Waals surface area contributed by atoms with Crippen LogP contribution in [-0.2, 0) is 9.59 Å². The Kier molecular flexibility index (Phi) is 3.99. The van der Waals surface area contributed by atoms with E-state index in [1.165, 1.54) is 14.0 Å². The topological polar surface area (TPSA) is 58.6 Å². The number of carbonyl (C=O) groups excluding carboxylic acids is 2. The molecule has 19 heavy (non-hydrogen) atoms. The van der Waals surface area contributed by atoms with E-state index in [1.54, 1.807) is 23.1 Å². The highest BCUT2D eigenvalue weighted by atomic mass is 32.1. The molecule has 1 saturated heterocycles. The normalized spacial score (nSPS) is 18.6. The molecule has 5 nitrogen and oxygen atoms in total. The van der Waals surface area contributed by atoms with Crippen LogP contribution in [0.2, 0.25) is 0 Å². The van der Waals surface area contributed by atoms with Crippen LogP contribution in [0.3, 0.4) is 0 Å². The smallest absolute Gasteiger partial charge is 0.228 e. The Labute approximate surface area is 117 Å². The zero-order chi connectivity index (χ0) is 14.0. The van der Waals surface area contributed by atoms with Gasteiger partial charge in [-0.15, -0.1) is 0 Å². The Balaban J connectivity index is 2.28. The molecule has 1 aliphatic rings. The van der Waals surface area contributed by atoms with Crippen LogP contribution >= 0.6 is 12.6 Å². The van der Waals surface area contributed by atoms with Gasteiger partial charge in [0.1, 0.15) is 5.75 Å². The first-order valence-electron chi connectivity index (χ1n) is 5.95. The number of benzene rings is 1. The third kappa shape index (κ3) is 3.01. The van der Waals surface area contributed by atoms with Crippen LogP contribution in [0.5, 0.6) is 5.75 Å². The first-order valence-corrected chi connectivity index (χ1v) is 6.47. The lowest BCUT2D eigenvalue weighted by Crippen LogP contribution is -2.24. The van der Waals surface area contributed by atoms with Gasteiger partial charge in [0.25, 0.3) is 0 Å². The number of hydrogen-bond donors (Lipinski definition) is 2. The largest absolute Gasteiger partial charge is 0.494 e. The zero-order valence-corrected chi connectivity index (χ0v) is 11.7. The van der Waals surface area contributed by atoms with Gasteiger partial charge in [-0.05, 0) is 12.1 Å². The summed E-state index contributed by atoms with van der Waals surface area (Å²) in [7, 11) is 1.53. The molecule has 0 spiro atoms. The fourth-order valence-corrected chi connectivity index (χ4v) is 2.40. The molecule has 2 amide bonds. The summed E-state index contributed by atoms with van der Waals surface area (Å²) >= 11 is 4.32. The number of carbonyl (C=O) groups is 2. The van der Waals surface area contributed by atoms with Gasteiger partial charge in [-0.25, -0.2) is 0 Å². The summed E-state index contributed by atoms with van der Waals surface area (Å²) < 4.78 is 5.24. The second-order valence-corrected chi connectivity index (χ2v) is 5.16. The molecular formula is C13H16N2O3S. The number of amides is 2. The molecule has 1 aromatic carbocycles. The second kappa shape index (κ2) is 5.52. The summed E-state index contributed by atoms with van der Waals surface area (Å²) in [4.78, 5) is 24.6. The van der Waals surface area contributed by atoms with E-state index in [9.17, 15) is 9.59 Å². The average Bonchev–Trinajstić information content (AvgIpc) is 2.68. The van der Waals surface area contributed by atoms with Gasteiger partial charge in [0.15, 0.2) is 0 Å². The van der Waals surface area contributed by atoms with E-state index in [4.69, 9.17) is 4.74 Å². The third-order valence-electron chi connectivity index (χ3n) is 2.91. The monoisotopic (exact) mass is 280 g/mol. The van der Waals surface area contributed by atoms with Crippen LogP contribution in [0.4, 0.5) is 11.4 Å². The number of hydrogen-bond acceptors (Lipinski definition) is 4. The molecule has 1 unspecified atom stereocenters. The van der Waals surface area contributed by atoms with Gasteiger partial charge < -0.3 is 15.0 Å². The van der Waals surface area contributed by atoms with Crippen molar-refractivity contribution in [2.24, 2.45) is 0 Å². The van der Waals surface area contributed by atoms with Gasteiger partial charge in [-0.1, -0.05) is 0 Å². The SMILES string of the molecule is COc1cc(N2CC(S)CC2=O)ccc1NC(C)=O. The molecule has 102 valence electrons. The molecular weight excluding hydrogens is 264 g/mol. The Hall–Kier alpha value is -1.69. The van der Waals surface area contributed by atoms with E-state index < -0.39 is 0 Å². The van der Waals surface area contributed by atoms with E-state index >= 15 is 0 Å². The molecule has 1 aromatic rings. The predicted octanol–water partition coefficient (Wildman–Crippen LogP) is 1.69. The van der Waals surface area contributed by atoms with Gasteiger partial charge in [0.2, 0.25) is 11.8 Å². The number of rotatable bonds is 3. The number of thiol groups is 1. The van der Waals surface area contributed by atoms with E-state index in [-0.39, 0.29) is 17.1 Å². The standard InChI is InChI=1S/C13H16N2O3S/c1-8(16)14-11-4-3-9(5-12(11)18-2)15-7-10(19)6-13(15)17/h3-5,10,19H,6-7H2,1-2H3,(H,14,16). The molecule has 1 heterocycles. The first-order chi connectivity index (χ1) is 9.01. The maximum Gasteiger partial charge on any atom is 0.228 e. The van der Waals surface area contributed by atoms with Crippen LogP contribution in [0.1, 0.15) is 13.3 Å². The van der Waals surface area contributed by atoms with Crippen molar-refractivity contribution >= 4 is 35.8 Å². The van der Waals surface area contributed by atoms with Crippen LogP contribution in [-0.4, -0.2) is 30.7 Å². The summed E-state index contributed by atoms with van der Waals surface area (Å²) in [5.41, 5.74) is 1.35. The molecule has 6 heteroatoms. The highest BCUT2D eigenvalue weighted by molar-refractivity contribution is 7.81. The van der Waals surface area contributed by atoms with Crippen molar-refractivity contribution in [3.05, 3.63) is 18.2 Å². The Morgan fingerprint density at radius 3 is 2.79 bits per heavy atom. The fourth-order valence-electron chi connectivity index (χ4n) is 2.08. The highest BCUT2D eigenvalue weighted by Gasteiger charge is 2.28. The van der Waals surface area contributed by atoms with E-state index in [0.29, 0.717) is 24.4 Å². The van der Waals surface area contributed by atoms with Gasteiger partial charge in [-0.3, -0.25) is 9.59 Å². The minimum atomic E-state index is -0.168. The van der Waals surface area contributed by atoms with Crippen molar-refractivity contribution in [2.45, 2.75) is 18.6 Å². The Morgan fingerprint density at radius 2 is 2.26 bits per heavy atom. The molecule has 0 aliphatic carbocycles. The minimum Gasteiger partial charge on any atom is -0.494 e. The fraction of sp³-hybridized carbons (Fsp3) is 0.385. The van der Waals surface area contributed by atoms with E-state index in [1.807, 2.05) is 0 Å². The molecule has 0 bridgehead atoms. The second-order valence-electron chi connectivity index (χ2n) is 4.43. The lowest BCUT2D eigenvalue weighted by Gasteiger charge is -2.18. The summed E-state index contributed by atoms with van der Waals surface area (Å²) in [6, 6.07) is 5.27. The summed E-state index contributed by atoms with van der Waals surface area (Å²) in [6.45, 7) is 2.02. The number of anilines is 2. The molecule has 2 rings (SSSR count). The Morgan fingerprint density at radius 1 is 1.53 bits per heavy atom. The number of nitrogens with zero attached hydrogens (tertiary/aromatic N) is 1. The molecule has 1 aliphatic heterocycles. The van der Waals surface area contributed by atoms with Crippen molar-refractivity contribution in [3.63, 3.8) is 0 Å². The first kappa shape index (κ1) is 13.7. The maximum atomic E-state index is 11.8. The van der Waals surface area contributed by atoms with E-state index in [2.05, 4.69) is 17.9 Å². The van der Waals surface area contributed by atoms with Crippen LogP contribution < -0.4 is 15.0 Å². The summed E-state index contributed by atoms with van der Waals surface area (Å²) in [5, 5.41) is 2.74. The number of methoxy groups -OCH3 is 1. The van der Waals surface area contributed by atoms with E-state index in [0.717, 1.165) is 5.69 Å². The lowest BCUT2D eigenvalue weighted by atomic mass is 10.2. The number of nitrogens with one attached hydrogen (secondary N) is 1. The molecule has 1 fully saturated rings. The molecule has 0 saturated carbocycles. The molecule has 0 radical (unpaired) electrons. The highest BCUT2D eigenvalue weighted by Crippen LogP contribution is 2.32. The van der Waals surface area contributed by atoms with Crippen molar-refractivity contribution in [1.29, 1.82) is 0 Å². The van der Waals surface area contributed by atoms with Crippen LogP contribution in [0.15, 0.2) is 18.2 Å². The number of ether oxygens (including phenoxy) is 1. The molecule has 0 aromatic heterocycles. The lowest BCUT2D eigenvalue weighted by molar-refractivity contribution is -0.117. The molecule has 1 atom stereocenters. The summed E-state index contributed by atoms with van der Waals surface area (Å²) in [6.07, 6.45) is 0.443. The van der Waals surface area contributed by atoms with Crippen LogP contribution in [0.25, 0.3) is 0 Å². The van der Waals surface area contributed by atoms with Gasteiger partial charge in [0.05, 0.1) is 12.8 Å². The minimum absolute atomic E-state index is 0.0503. The summed E-state index contributed by atoms with van der Waals surface area (Å²) in [5.74, 6) is 0.413. The van der Waals surface area contributed by atoms with Crippen molar-refractivity contribution in [1.82, 2.24) is 0 Å². The van der Waals surface area contributed by atoms with Gasteiger partial charge >= 0.3 is 0 Å². The third-order valence-corrected chi connectivity index (χ3v) is 3.26. The average molecular weight is 280 g/mol. The van der Waals surface area contributed by atoms with Crippen molar-refractivity contribution < 1.29 is 14.3 Å². The zero-order valence-electron chi connectivity index (χ0n) is 10.8. The van der Waals surface area contributed by atoms with Crippen molar-refractivity contribution in [3.8, 4) is 5.75 Å². The van der Waals surface area contributed by atoms with Gasteiger partial charge in [-0.2, -0.15) is 12.6 Å². The van der Waals surface area contributed by atoms with Crippen LogP contribution in [0, 0.1) is 0 Å². The Bertz CT molecular complexity index is 519. The predicted molar refractivity (Wildman–Crippen MR) is 77.0 cm³/mol. The quantitative estimate of drug-likeness (QED) is 0.828. The van der Waals surface area contributed by atoms with Crippen molar-refractivity contribution in [2.75, 3.05) is 23.9 Å². The molecule has 1 N–H and O–H groups in total. The maximum absolute atomic E-state index is 11.8. The van der Waals surface area contributed by atoms with Gasteiger partial charge in [0, 0.05) is 36.9 Å².